The number of thioether (sulfide) groups is 1. The maximum Gasteiger partial charge on any atom is 0.191 e. The van der Waals surface area contributed by atoms with Gasteiger partial charge in [0, 0.05) is 17.8 Å². The van der Waals surface area contributed by atoms with Crippen molar-refractivity contribution in [2.45, 2.75) is 37.5 Å². The lowest BCUT2D eigenvalue weighted by Crippen LogP contribution is -2.36. The van der Waals surface area contributed by atoms with Gasteiger partial charge in [0.1, 0.15) is 0 Å². The van der Waals surface area contributed by atoms with Crippen molar-refractivity contribution in [1.29, 1.82) is 0 Å². The van der Waals surface area contributed by atoms with E-state index < -0.39 is 0 Å². The molecule has 0 aromatic rings. The standard InChI is InChI=1S/C10H21N3S/c1-10(2,14-4)7-12-9(11)13(3)8-5-6-8/h8H,5-7H2,1-4H3,(H2,11,12). The number of nitrogens with two attached hydrogens (primary N) is 1. The van der Waals surface area contributed by atoms with Crippen LogP contribution >= 0.6 is 11.8 Å². The van der Waals surface area contributed by atoms with Crippen molar-refractivity contribution in [3.05, 3.63) is 0 Å². The highest BCUT2D eigenvalue weighted by molar-refractivity contribution is 7.99. The molecule has 2 N–H and O–H groups in total. The average Bonchev–Trinajstić information content (AvgIpc) is 2.96. The fourth-order valence-electron chi connectivity index (χ4n) is 1.10. The van der Waals surface area contributed by atoms with Crippen LogP contribution in [0, 0.1) is 0 Å². The number of hydrogen-bond acceptors (Lipinski definition) is 2. The van der Waals surface area contributed by atoms with Crippen molar-refractivity contribution in [3.63, 3.8) is 0 Å². The van der Waals surface area contributed by atoms with Crippen LogP contribution in [0.1, 0.15) is 26.7 Å². The van der Waals surface area contributed by atoms with Gasteiger partial charge in [0.05, 0.1) is 6.54 Å². The molecule has 1 saturated carbocycles. The first-order valence-electron chi connectivity index (χ1n) is 5.04. The third-order valence-electron chi connectivity index (χ3n) is 2.63. The van der Waals surface area contributed by atoms with E-state index in [-0.39, 0.29) is 4.75 Å². The number of guanidine groups is 1. The summed E-state index contributed by atoms with van der Waals surface area (Å²) < 4.78 is 0.189. The van der Waals surface area contributed by atoms with Gasteiger partial charge in [-0.2, -0.15) is 11.8 Å². The zero-order chi connectivity index (χ0) is 10.8. The average molecular weight is 215 g/mol. The molecule has 0 radical (unpaired) electrons. The molecule has 0 heterocycles. The van der Waals surface area contributed by atoms with Crippen molar-refractivity contribution in [3.8, 4) is 0 Å². The van der Waals surface area contributed by atoms with Crippen LogP contribution in [0.25, 0.3) is 0 Å². The second-order valence-corrected chi connectivity index (χ2v) is 5.99. The van der Waals surface area contributed by atoms with Crippen LogP contribution in [0.3, 0.4) is 0 Å². The van der Waals surface area contributed by atoms with E-state index in [1.165, 1.54) is 12.8 Å². The summed E-state index contributed by atoms with van der Waals surface area (Å²) in [5.41, 5.74) is 5.89. The number of nitrogens with zero attached hydrogens (tertiary/aromatic N) is 2. The first kappa shape index (κ1) is 11.7. The van der Waals surface area contributed by atoms with Crippen LogP contribution < -0.4 is 5.73 Å². The van der Waals surface area contributed by atoms with Crippen molar-refractivity contribution >= 4 is 17.7 Å². The molecular weight excluding hydrogens is 194 g/mol. The third kappa shape index (κ3) is 3.40. The van der Waals surface area contributed by atoms with Crippen molar-refractivity contribution in [2.75, 3.05) is 19.8 Å². The quantitative estimate of drug-likeness (QED) is 0.571. The monoisotopic (exact) mass is 215 g/mol. The van der Waals surface area contributed by atoms with Crippen LogP contribution in [-0.4, -0.2) is 41.5 Å². The molecule has 1 aliphatic rings. The normalized spacial score (nSPS) is 18.4. The van der Waals surface area contributed by atoms with Gasteiger partial charge >= 0.3 is 0 Å². The minimum Gasteiger partial charge on any atom is -0.370 e. The van der Waals surface area contributed by atoms with Gasteiger partial charge in [0.25, 0.3) is 0 Å². The molecule has 3 nitrogen and oxygen atoms in total. The molecule has 0 spiro atoms. The van der Waals surface area contributed by atoms with Gasteiger partial charge < -0.3 is 10.6 Å². The Kier molecular flexibility index (Phi) is 3.70. The molecule has 0 saturated heterocycles. The van der Waals surface area contributed by atoms with E-state index >= 15 is 0 Å². The molecule has 1 aliphatic carbocycles. The first-order valence-corrected chi connectivity index (χ1v) is 6.26. The lowest BCUT2D eigenvalue weighted by atomic mass is 10.2. The Morgan fingerprint density at radius 3 is 2.57 bits per heavy atom. The highest BCUT2D eigenvalue weighted by Gasteiger charge is 2.27. The van der Waals surface area contributed by atoms with Gasteiger partial charge in [-0.3, -0.25) is 4.99 Å². The highest BCUT2D eigenvalue weighted by Crippen LogP contribution is 2.25. The molecule has 0 aromatic heterocycles. The van der Waals surface area contributed by atoms with Crippen LogP contribution in [0.2, 0.25) is 0 Å². The summed E-state index contributed by atoms with van der Waals surface area (Å²) >= 11 is 1.82. The summed E-state index contributed by atoms with van der Waals surface area (Å²) in [5, 5.41) is 0. The zero-order valence-electron chi connectivity index (χ0n) is 9.58. The largest absolute Gasteiger partial charge is 0.370 e. The van der Waals surface area contributed by atoms with Gasteiger partial charge in [-0.25, -0.2) is 0 Å². The maximum absolute atomic E-state index is 5.89. The molecule has 0 aliphatic heterocycles. The SMILES string of the molecule is CSC(C)(C)CN=C(N)N(C)C1CC1. The predicted molar refractivity (Wildman–Crippen MR) is 64.9 cm³/mol. The fraction of sp³-hybridized carbons (Fsp3) is 0.900. The molecule has 0 atom stereocenters. The second kappa shape index (κ2) is 4.43. The van der Waals surface area contributed by atoms with Crippen molar-refractivity contribution < 1.29 is 0 Å². The highest BCUT2D eigenvalue weighted by atomic mass is 32.2. The van der Waals surface area contributed by atoms with Crippen molar-refractivity contribution in [2.24, 2.45) is 10.7 Å². The summed E-state index contributed by atoms with van der Waals surface area (Å²) in [6.07, 6.45) is 4.63. The Hall–Kier alpha value is -0.380. The molecule has 0 bridgehead atoms. The van der Waals surface area contributed by atoms with E-state index in [1.54, 1.807) is 0 Å². The van der Waals surface area contributed by atoms with E-state index in [0.29, 0.717) is 12.0 Å². The minimum atomic E-state index is 0.189. The Balaban J connectivity index is 2.42. The second-order valence-electron chi connectivity index (χ2n) is 4.48. The lowest BCUT2D eigenvalue weighted by Gasteiger charge is -2.22. The van der Waals surface area contributed by atoms with Gasteiger partial charge in [0.2, 0.25) is 0 Å². The topological polar surface area (TPSA) is 41.6 Å². The first-order chi connectivity index (χ1) is 6.46. The molecule has 0 aromatic carbocycles. The van der Waals surface area contributed by atoms with E-state index in [4.69, 9.17) is 5.73 Å². The fourth-order valence-corrected chi connectivity index (χ4v) is 1.29. The molecule has 1 rings (SSSR count). The third-order valence-corrected chi connectivity index (χ3v) is 3.86. The lowest BCUT2D eigenvalue weighted by molar-refractivity contribution is 0.486. The molecule has 0 unspecified atom stereocenters. The van der Waals surface area contributed by atoms with Crippen LogP contribution in [-0.2, 0) is 0 Å². The molecule has 82 valence electrons. The smallest absolute Gasteiger partial charge is 0.191 e. The van der Waals surface area contributed by atoms with Gasteiger partial charge in [-0.05, 0) is 32.9 Å². The summed E-state index contributed by atoms with van der Waals surface area (Å²) in [4.78, 5) is 6.52. The Morgan fingerprint density at radius 2 is 2.14 bits per heavy atom. The molecule has 1 fully saturated rings. The summed E-state index contributed by atoms with van der Waals surface area (Å²) in [7, 11) is 2.03. The Morgan fingerprint density at radius 1 is 1.57 bits per heavy atom. The van der Waals surface area contributed by atoms with E-state index in [2.05, 4.69) is 30.0 Å². The minimum absolute atomic E-state index is 0.189. The Labute approximate surface area is 91.1 Å². The van der Waals surface area contributed by atoms with Gasteiger partial charge in [-0.15, -0.1) is 0 Å². The Bertz CT molecular complexity index is 221. The summed E-state index contributed by atoms with van der Waals surface area (Å²) in [5.74, 6) is 0.689. The summed E-state index contributed by atoms with van der Waals surface area (Å²) in [6, 6.07) is 0.649. The number of rotatable bonds is 4. The molecular formula is C10H21N3S. The van der Waals surface area contributed by atoms with E-state index in [0.717, 1.165) is 6.54 Å². The van der Waals surface area contributed by atoms with Crippen LogP contribution in [0.15, 0.2) is 4.99 Å². The zero-order valence-corrected chi connectivity index (χ0v) is 10.4. The van der Waals surface area contributed by atoms with E-state index in [9.17, 15) is 0 Å². The number of hydrogen-bond donors (Lipinski definition) is 1. The van der Waals surface area contributed by atoms with Gasteiger partial charge in [0.15, 0.2) is 5.96 Å². The van der Waals surface area contributed by atoms with Crippen LogP contribution in [0.4, 0.5) is 0 Å². The van der Waals surface area contributed by atoms with Gasteiger partial charge in [-0.1, -0.05) is 0 Å². The molecule has 4 heteroatoms. The maximum atomic E-state index is 5.89. The van der Waals surface area contributed by atoms with Crippen molar-refractivity contribution in [1.82, 2.24) is 4.90 Å². The molecule has 0 amide bonds. The number of aliphatic imine (C=N–C) groups is 1. The van der Waals surface area contributed by atoms with Crippen LogP contribution in [0.5, 0.6) is 0 Å². The predicted octanol–water partition coefficient (Wildman–Crippen LogP) is 1.54. The molecule has 14 heavy (non-hydrogen) atoms. The summed E-state index contributed by atoms with van der Waals surface area (Å²) in [6.45, 7) is 5.16. The van der Waals surface area contributed by atoms with E-state index in [1.807, 2.05) is 18.8 Å².